The van der Waals surface area contributed by atoms with Gasteiger partial charge in [0.1, 0.15) is 11.5 Å². The molecule has 0 spiro atoms. The lowest BCUT2D eigenvalue weighted by atomic mass is 9.99. The lowest BCUT2D eigenvalue weighted by Crippen LogP contribution is -2.17. The number of carbonyl (C=O) groups is 1. The Morgan fingerprint density at radius 1 is 1.25 bits per heavy atom. The number of methoxy groups -OCH3 is 2. The predicted octanol–water partition coefficient (Wildman–Crippen LogP) is 1.41. The van der Waals surface area contributed by atoms with Gasteiger partial charge < -0.3 is 15.2 Å². The van der Waals surface area contributed by atoms with Crippen molar-refractivity contribution in [3.05, 3.63) is 23.3 Å². The molecule has 16 heavy (non-hydrogen) atoms. The van der Waals surface area contributed by atoms with Crippen molar-refractivity contribution >= 4 is 5.78 Å². The van der Waals surface area contributed by atoms with Crippen LogP contribution < -0.4 is 15.2 Å². The molecule has 2 N–H and O–H groups in total. The van der Waals surface area contributed by atoms with E-state index in [2.05, 4.69) is 0 Å². The van der Waals surface area contributed by atoms with Crippen molar-refractivity contribution in [2.24, 2.45) is 5.73 Å². The van der Waals surface area contributed by atoms with Gasteiger partial charge in [0.25, 0.3) is 0 Å². The van der Waals surface area contributed by atoms with Gasteiger partial charge in [-0.15, -0.1) is 0 Å². The normalized spacial score (nSPS) is 10.0. The van der Waals surface area contributed by atoms with Crippen LogP contribution in [0.5, 0.6) is 11.5 Å². The number of Topliss-reactive ketones (excluding diaryl/α,β-unsaturated/α-hetero) is 1. The largest absolute Gasteiger partial charge is 0.496 e. The van der Waals surface area contributed by atoms with Gasteiger partial charge in [-0.25, -0.2) is 0 Å². The number of carbonyl (C=O) groups excluding carboxylic acids is 1. The summed E-state index contributed by atoms with van der Waals surface area (Å²) in [7, 11) is 3.12. The monoisotopic (exact) mass is 223 g/mol. The summed E-state index contributed by atoms with van der Waals surface area (Å²) in [6.45, 7) is 1.93. The number of hydrogen-bond acceptors (Lipinski definition) is 4. The van der Waals surface area contributed by atoms with Crippen LogP contribution in [-0.4, -0.2) is 26.5 Å². The average molecular weight is 223 g/mol. The Labute approximate surface area is 95.3 Å². The molecule has 1 aromatic carbocycles. The molecule has 0 aliphatic rings. The third-order valence-corrected chi connectivity index (χ3v) is 2.49. The summed E-state index contributed by atoms with van der Waals surface area (Å²) in [6, 6.07) is 3.52. The van der Waals surface area contributed by atoms with E-state index in [0.29, 0.717) is 23.5 Å². The van der Waals surface area contributed by atoms with E-state index in [-0.39, 0.29) is 12.3 Å². The molecular weight excluding hydrogens is 206 g/mol. The van der Waals surface area contributed by atoms with E-state index in [1.165, 1.54) is 7.11 Å². The minimum absolute atomic E-state index is 0.0312. The first-order valence-electron chi connectivity index (χ1n) is 5.16. The first kappa shape index (κ1) is 12.5. The summed E-state index contributed by atoms with van der Waals surface area (Å²) in [5, 5.41) is 0. The van der Waals surface area contributed by atoms with E-state index in [1.807, 2.05) is 6.92 Å². The van der Waals surface area contributed by atoms with Crippen LogP contribution in [0.3, 0.4) is 0 Å². The zero-order valence-electron chi connectivity index (χ0n) is 9.87. The van der Waals surface area contributed by atoms with Gasteiger partial charge in [-0.3, -0.25) is 4.79 Å². The van der Waals surface area contributed by atoms with Crippen molar-refractivity contribution in [2.45, 2.75) is 13.3 Å². The summed E-state index contributed by atoms with van der Waals surface area (Å²) in [4.78, 5) is 11.8. The lowest BCUT2D eigenvalue weighted by Gasteiger charge is -2.14. The molecule has 0 aliphatic carbocycles. The maximum Gasteiger partial charge on any atom is 0.180 e. The minimum Gasteiger partial charge on any atom is -0.496 e. The molecule has 0 saturated heterocycles. The van der Waals surface area contributed by atoms with Gasteiger partial charge in [0.15, 0.2) is 5.78 Å². The highest BCUT2D eigenvalue weighted by atomic mass is 16.5. The van der Waals surface area contributed by atoms with Crippen molar-refractivity contribution in [1.82, 2.24) is 0 Å². The topological polar surface area (TPSA) is 61.5 Å². The van der Waals surface area contributed by atoms with Crippen LogP contribution in [0, 0.1) is 0 Å². The highest BCUT2D eigenvalue weighted by Gasteiger charge is 2.18. The Morgan fingerprint density at radius 2 is 1.81 bits per heavy atom. The summed E-state index contributed by atoms with van der Waals surface area (Å²) in [5.74, 6) is 1.11. The number of ether oxygens (including phenoxy) is 2. The van der Waals surface area contributed by atoms with Crippen LogP contribution in [-0.2, 0) is 6.42 Å². The number of rotatable bonds is 5. The molecule has 0 amide bonds. The Morgan fingerprint density at radius 3 is 2.25 bits per heavy atom. The molecule has 0 atom stereocenters. The third-order valence-electron chi connectivity index (χ3n) is 2.49. The van der Waals surface area contributed by atoms with Crippen molar-refractivity contribution < 1.29 is 14.3 Å². The molecule has 0 radical (unpaired) electrons. The van der Waals surface area contributed by atoms with Crippen LogP contribution >= 0.6 is 0 Å². The molecule has 0 fully saturated rings. The zero-order valence-corrected chi connectivity index (χ0v) is 9.87. The molecule has 0 heterocycles. The van der Waals surface area contributed by atoms with E-state index in [9.17, 15) is 4.79 Å². The highest BCUT2D eigenvalue weighted by molar-refractivity contribution is 6.02. The number of nitrogens with two attached hydrogens (primary N) is 1. The second-order valence-electron chi connectivity index (χ2n) is 3.30. The smallest absolute Gasteiger partial charge is 0.180 e. The number of benzene rings is 1. The van der Waals surface area contributed by atoms with E-state index in [0.717, 1.165) is 5.56 Å². The molecule has 4 heteroatoms. The van der Waals surface area contributed by atoms with Crippen molar-refractivity contribution in [3.8, 4) is 11.5 Å². The fraction of sp³-hybridized carbons (Fsp3) is 0.417. The molecule has 88 valence electrons. The SMILES string of the molecule is CCc1c(OC)ccc(OC)c1C(=O)CN. The zero-order chi connectivity index (χ0) is 12.1. The van der Waals surface area contributed by atoms with Gasteiger partial charge in [0.05, 0.1) is 26.3 Å². The van der Waals surface area contributed by atoms with Gasteiger partial charge in [0.2, 0.25) is 0 Å². The van der Waals surface area contributed by atoms with Crippen LogP contribution in [0.15, 0.2) is 12.1 Å². The summed E-state index contributed by atoms with van der Waals surface area (Å²) in [6.07, 6.45) is 0.696. The predicted molar refractivity (Wildman–Crippen MR) is 62.3 cm³/mol. The summed E-state index contributed by atoms with van der Waals surface area (Å²) >= 11 is 0. The lowest BCUT2D eigenvalue weighted by molar-refractivity contribution is 0.0997. The first-order valence-corrected chi connectivity index (χ1v) is 5.16. The molecule has 0 saturated carbocycles. The third kappa shape index (κ3) is 2.17. The van der Waals surface area contributed by atoms with Gasteiger partial charge in [-0.1, -0.05) is 6.92 Å². The molecule has 0 bridgehead atoms. The molecular formula is C12H17NO3. The molecule has 0 unspecified atom stereocenters. The van der Waals surface area contributed by atoms with Gasteiger partial charge in [-0.05, 0) is 18.6 Å². The van der Waals surface area contributed by atoms with E-state index < -0.39 is 0 Å². The van der Waals surface area contributed by atoms with Crippen LogP contribution in [0.2, 0.25) is 0 Å². The van der Waals surface area contributed by atoms with Crippen molar-refractivity contribution in [3.63, 3.8) is 0 Å². The molecule has 0 aromatic heterocycles. The molecule has 4 nitrogen and oxygen atoms in total. The highest BCUT2D eigenvalue weighted by Crippen LogP contribution is 2.31. The fourth-order valence-corrected chi connectivity index (χ4v) is 1.73. The average Bonchev–Trinajstić information content (AvgIpc) is 2.35. The Kier molecular flexibility index (Phi) is 4.31. The van der Waals surface area contributed by atoms with Gasteiger partial charge >= 0.3 is 0 Å². The fourth-order valence-electron chi connectivity index (χ4n) is 1.73. The molecule has 0 aliphatic heterocycles. The van der Waals surface area contributed by atoms with Crippen LogP contribution in [0.4, 0.5) is 0 Å². The first-order chi connectivity index (χ1) is 7.69. The maximum absolute atomic E-state index is 11.8. The van der Waals surface area contributed by atoms with E-state index in [1.54, 1.807) is 19.2 Å². The second kappa shape index (κ2) is 5.51. The molecule has 1 rings (SSSR count). The maximum atomic E-state index is 11.8. The number of ketones is 1. The van der Waals surface area contributed by atoms with Crippen molar-refractivity contribution in [2.75, 3.05) is 20.8 Å². The Hall–Kier alpha value is -1.55. The van der Waals surface area contributed by atoms with Crippen molar-refractivity contribution in [1.29, 1.82) is 0 Å². The second-order valence-corrected chi connectivity index (χ2v) is 3.30. The Balaban J connectivity index is 3.42. The van der Waals surface area contributed by atoms with E-state index in [4.69, 9.17) is 15.2 Å². The summed E-state index contributed by atoms with van der Waals surface area (Å²) in [5.41, 5.74) is 6.78. The van der Waals surface area contributed by atoms with Crippen LogP contribution in [0.1, 0.15) is 22.8 Å². The summed E-state index contributed by atoms with van der Waals surface area (Å²) < 4.78 is 10.4. The van der Waals surface area contributed by atoms with E-state index >= 15 is 0 Å². The molecule has 1 aromatic rings. The van der Waals surface area contributed by atoms with Gasteiger partial charge in [-0.2, -0.15) is 0 Å². The van der Waals surface area contributed by atoms with Gasteiger partial charge in [0, 0.05) is 5.56 Å². The standard InChI is InChI=1S/C12H17NO3/c1-4-8-10(15-2)5-6-11(16-3)12(8)9(14)7-13/h5-6H,4,7,13H2,1-3H3. The minimum atomic E-state index is -0.132. The quantitative estimate of drug-likeness (QED) is 0.767. The number of hydrogen-bond donors (Lipinski definition) is 1. The Bertz CT molecular complexity index is 388. The van der Waals surface area contributed by atoms with Crippen LogP contribution in [0.25, 0.3) is 0 Å².